The first-order valence-corrected chi connectivity index (χ1v) is 9.87. The van der Waals surface area contributed by atoms with Gasteiger partial charge in [0.05, 0.1) is 12.0 Å². The Hall–Kier alpha value is -2.16. The number of carbonyl (C=O) groups is 1. The highest BCUT2D eigenvalue weighted by atomic mass is 35.5. The number of carbonyl (C=O) groups excluding carboxylic acids is 1. The smallest absolute Gasteiger partial charge is 0.245 e. The summed E-state index contributed by atoms with van der Waals surface area (Å²) in [5, 5.41) is 9.64. The zero-order valence-corrected chi connectivity index (χ0v) is 17.5. The predicted molar refractivity (Wildman–Crippen MR) is 110 cm³/mol. The van der Waals surface area contributed by atoms with Crippen molar-refractivity contribution in [3.8, 4) is 16.5 Å². The van der Waals surface area contributed by atoms with Crippen molar-refractivity contribution in [2.75, 3.05) is 14.2 Å². The van der Waals surface area contributed by atoms with Crippen molar-refractivity contribution in [3.05, 3.63) is 51.1 Å². The van der Waals surface area contributed by atoms with Crippen molar-refractivity contribution >= 4 is 41.1 Å². The molecule has 0 aliphatic carbocycles. The fraction of sp³-hybridized carbons (Fsp3) is 0.278. The second kappa shape index (κ2) is 8.24. The van der Waals surface area contributed by atoms with Crippen LogP contribution in [0.25, 0.3) is 10.7 Å². The first kappa shape index (κ1) is 19.6. The van der Waals surface area contributed by atoms with Crippen molar-refractivity contribution in [3.63, 3.8) is 0 Å². The summed E-state index contributed by atoms with van der Waals surface area (Å²) in [6.45, 7) is 2.18. The van der Waals surface area contributed by atoms with Gasteiger partial charge in [-0.15, -0.1) is 11.3 Å². The van der Waals surface area contributed by atoms with E-state index in [4.69, 9.17) is 28.6 Å². The molecule has 1 aromatic carbocycles. The van der Waals surface area contributed by atoms with Crippen LogP contribution in [0.15, 0.2) is 35.7 Å². The number of nitrogens with one attached hydrogen (secondary N) is 1. The largest absolute Gasteiger partial charge is 0.496 e. The number of amides is 1. The first-order valence-electron chi connectivity index (χ1n) is 8.20. The Morgan fingerprint density at radius 1 is 1.48 bits per heavy atom. The standard InChI is InChI=1S/C18H19ClN4O2S2/c1-11(23-16(20-21-18(23)26)15-5-4-8-27-15)17(24)22(2)10-12-9-13(19)6-7-14(12)25-3/h4-9,11H,10H2,1-3H3,(H,21,26). The number of likely N-dealkylation sites (N-methyl/N-ethyl adjacent to an activating group) is 1. The van der Waals surface area contributed by atoms with Gasteiger partial charge in [0.25, 0.3) is 0 Å². The Kier molecular flexibility index (Phi) is 5.98. The molecule has 1 N–H and O–H groups in total. The van der Waals surface area contributed by atoms with Gasteiger partial charge in [-0.25, -0.2) is 0 Å². The van der Waals surface area contributed by atoms with Gasteiger partial charge < -0.3 is 9.64 Å². The maximum atomic E-state index is 13.1. The molecule has 0 fully saturated rings. The van der Waals surface area contributed by atoms with Crippen LogP contribution in [0.5, 0.6) is 5.75 Å². The third-order valence-electron chi connectivity index (χ3n) is 4.22. The molecule has 0 saturated carbocycles. The fourth-order valence-electron chi connectivity index (χ4n) is 2.88. The number of ether oxygens (including phenoxy) is 1. The van der Waals surface area contributed by atoms with Crippen LogP contribution in [-0.2, 0) is 11.3 Å². The molecule has 3 aromatic rings. The number of methoxy groups -OCH3 is 1. The van der Waals surface area contributed by atoms with Crippen molar-refractivity contribution in [2.45, 2.75) is 19.5 Å². The normalized spacial score (nSPS) is 12.0. The summed E-state index contributed by atoms with van der Waals surface area (Å²) in [7, 11) is 3.34. The van der Waals surface area contributed by atoms with E-state index >= 15 is 0 Å². The van der Waals surface area contributed by atoms with Crippen LogP contribution >= 0.6 is 35.2 Å². The van der Waals surface area contributed by atoms with Gasteiger partial charge in [-0.1, -0.05) is 17.7 Å². The van der Waals surface area contributed by atoms with E-state index in [0.717, 1.165) is 10.4 Å². The van der Waals surface area contributed by atoms with Crippen LogP contribution in [0.3, 0.4) is 0 Å². The lowest BCUT2D eigenvalue weighted by molar-refractivity contribution is -0.133. The first-order chi connectivity index (χ1) is 12.9. The van der Waals surface area contributed by atoms with Crippen molar-refractivity contribution in [2.24, 2.45) is 0 Å². The zero-order valence-electron chi connectivity index (χ0n) is 15.1. The van der Waals surface area contributed by atoms with Gasteiger partial charge in [0, 0.05) is 24.2 Å². The highest BCUT2D eigenvalue weighted by Crippen LogP contribution is 2.27. The fourth-order valence-corrected chi connectivity index (χ4v) is 4.07. The molecule has 27 heavy (non-hydrogen) atoms. The van der Waals surface area contributed by atoms with Gasteiger partial charge in [-0.05, 0) is 48.8 Å². The quantitative estimate of drug-likeness (QED) is 0.592. The summed E-state index contributed by atoms with van der Waals surface area (Å²) in [5.41, 5.74) is 0.835. The average molecular weight is 423 g/mol. The van der Waals surface area contributed by atoms with Crippen LogP contribution in [-0.4, -0.2) is 39.7 Å². The maximum Gasteiger partial charge on any atom is 0.245 e. The monoisotopic (exact) mass is 422 g/mol. The molecule has 1 amide bonds. The Morgan fingerprint density at radius 2 is 2.26 bits per heavy atom. The van der Waals surface area contributed by atoms with E-state index in [0.29, 0.717) is 27.9 Å². The van der Waals surface area contributed by atoms with Gasteiger partial charge in [-0.2, -0.15) is 5.10 Å². The molecule has 142 valence electrons. The lowest BCUT2D eigenvalue weighted by Crippen LogP contribution is -2.33. The molecule has 1 atom stereocenters. The number of nitrogens with zero attached hydrogens (tertiary/aromatic N) is 3. The molecule has 0 radical (unpaired) electrons. The number of halogens is 1. The third kappa shape index (κ3) is 4.07. The van der Waals surface area contributed by atoms with Crippen molar-refractivity contribution < 1.29 is 9.53 Å². The number of H-pyrrole nitrogens is 1. The number of aromatic amines is 1. The molecule has 2 aromatic heterocycles. The van der Waals surface area contributed by atoms with E-state index in [1.54, 1.807) is 53.2 Å². The number of benzene rings is 1. The van der Waals surface area contributed by atoms with Gasteiger partial charge in [0.1, 0.15) is 11.8 Å². The second-order valence-electron chi connectivity index (χ2n) is 6.03. The van der Waals surface area contributed by atoms with Crippen LogP contribution < -0.4 is 4.74 Å². The molecule has 0 spiro atoms. The lowest BCUT2D eigenvalue weighted by atomic mass is 10.1. The average Bonchev–Trinajstić information content (AvgIpc) is 3.30. The predicted octanol–water partition coefficient (Wildman–Crippen LogP) is 4.55. The number of aromatic nitrogens is 3. The van der Waals surface area contributed by atoms with E-state index in [9.17, 15) is 4.79 Å². The van der Waals surface area contributed by atoms with E-state index in [2.05, 4.69) is 10.2 Å². The summed E-state index contributed by atoms with van der Waals surface area (Å²) in [4.78, 5) is 15.6. The number of rotatable bonds is 6. The van der Waals surface area contributed by atoms with Crippen LogP contribution in [0.2, 0.25) is 5.02 Å². The molecule has 6 nitrogen and oxygen atoms in total. The van der Waals surface area contributed by atoms with E-state index in [-0.39, 0.29) is 5.91 Å². The minimum atomic E-state index is -0.511. The summed E-state index contributed by atoms with van der Waals surface area (Å²) < 4.78 is 7.52. The molecule has 0 saturated heterocycles. The summed E-state index contributed by atoms with van der Waals surface area (Å²) in [6.07, 6.45) is 0. The lowest BCUT2D eigenvalue weighted by Gasteiger charge is -2.23. The SMILES string of the molecule is COc1ccc(Cl)cc1CN(C)C(=O)C(C)n1c(-c2cccs2)n[nH]c1=S. The molecule has 3 rings (SSSR count). The third-order valence-corrected chi connectivity index (χ3v) is 5.61. The Balaban J connectivity index is 1.85. The van der Waals surface area contributed by atoms with Crippen molar-refractivity contribution in [1.82, 2.24) is 19.7 Å². The minimum absolute atomic E-state index is 0.0904. The highest BCUT2D eigenvalue weighted by molar-refractivity contribution is 7.71. The minimum Gasteiger partial charge on any atom is -0.496 e. The summed E-state index contributed by atoms with van der Waals surface area (Å²) >= 11 is 13.0. The number of hydrogen-bond acceptors (Lipinski definition) is 5. The van der Waals surface area contributed by atoms with Crippen molar-refractivity contribution in [1.29, 1.82) is 0 Å². The Bertz CT molecular complexity index is 997. The van der Waals surface area contributed by atoms with Gasteiger partial charge >= 0.3 is 0 Å². The maximum absolute atomic E-state index is 13.1. The summed E-state index contributed by atoms with van der Waals surface area (Å²) in [5.74, 6) is 1.25. The molecular weight excluding hydrogens is 404 g/mol. The molecule has 0 aliphatic heterocycles. The van der Waals surface area contributed by atoms with Crippen LogP contribution in [0, 0.1) is 4.77 Å². The highest BCUT2D eigenvalue weighted by Gasteiger charge is 2.24. The second-order valence-corrected chi connectivity index (χ2v) is 7.80. The van der Waals surface area contributed by atoms with Gasteiger partial charge in [0.15, 0.2) is 10.6 Å². The number of hydrogen-bond donors (Lipinski definition) is 1. The Morgan fingerprint density at radius 3 is 2.93 bits per heavy atom. The molecule has 9 heteroatoms. The number of thiophene rings is 1. The van der Waals surface area contributed by atoms with Gasteiger partial charge in [0.2, 0.25) is 5.91 Å². The molecule has 0 aliphatic rings. The topological polar surface area (TPSA) is 63.1 Å². The van der Waals surface area contributed by atoms with E-state index < -0.39 is 6.04 Å². The Labute approximate surface area is 171 Å². The van der Waals surface area contributed by atoms with Crippen LogP contribution in [0.1, 0.15) is 18.5 Å². The molecule has 1 unspecified atom stereocenters. The van der Waals surface area contributed by atoms with Gasteiger partial charge in [-0.3, -0.25) is 14.5 Å². The summed E-state index contributed by atoms with van der Waals surface area (Å²) in [6, 6.07) is 8.72. The molecular formula is C18H19ClN4O2S2. The zero-order chi connectivity index (χ0) is 19.6. The van der Waals surface area contributed by atoms with E-state index in [1.165, 1.54) is 0 Å². The van der Waals surface area contributed by atoms with Crippen LogP contribution in [0.4, 0.5) is 0 Å². The van der Waals surface area contributed by atoms with E-state index in [1.807, 2.05) is 24.4 Å². The molecule has 2 heterocycles. The molecule has 0 bridgehead atoms.